The fraction of sp³-hybridized carbons (Fsp3) is 0.500. The highest BCUT2D eigenvalue weighted by atomic mass is 14.9. The minimum Gasteiger partial charge on any atom is -0.313 e. The van der Waals surface area contributed by atoms with E-state index in [1.54, 1.807) is 0 Å². The zero-order valence-corrected chi connectivity index (χ0v) is 11.9. The van der Waals surface area contributed by atoms with Gasteiger partial charge in [0.1, 0.15) is 0 Å². The Labute approximate surface area is 106 Å². The lowest BCUT2D eigenvalue weighted by Gasteiger charge is -2.22. The molecule has 0 spiro atoms. The fourth-order valence-electron chi connectivity index (χ4n) is 2.56. The molecule has 1 N–H and O–H groups in total. The quantitative estimate of drug-likeness (QED) is 0.748. The maximum atomic E-state index is 3.99. The molecule has 0 saturated heterocycles. The highest BCUT2D eigenvalue weighted by Crippen LogP contribution is 2.27. The highest BCUT2D eigenvalue weighted by Gasteiger charge is 2.14. The number of hydrogen-bond donors (Lipinski definition) is 1. The predicted octanol–water partition coefficient (Wildman–Crippen LogP) is 4.23. The van der Waals surface area contributed by atoms with Crippen LogP contribution in [0.15, 0.2) is 24.3 Å². The van der Waals surface area contributed by atoms with Crippen molar-refractivity contribution in [3.05, 3.63) is 46.5 Å². The molecule has 0 heterocycles. The lowest BCUT2D eigenvalue weighted by Crippen LogP contribution is -2.18. The van der Waals surface area contributed by atoms with Crippen molar-refractivity contribution in [3.8, 4) is 0 Å². The topological polar surface area (TPSA) is 12.0 Å². The summed E-state index contributed by atoms with van der Waals surface area (Å²) in [5, 5.41) is 3.43. The van der Waals surface area contributed by atoms with E-state index in [4.69, 9.17) is 0 Å². The fourth-order valence-corrected chi connectivity index (χ4v) is 2.56. The third-order valence-corrected chi connectivity index (χ3v) is 3.29. The number of rotatable bonds is 5. The molecule has 94 valence electrons. The zero-order valence-electron chi connectivity index (χ0n) is 11.9. The van der Waals surface area contributed by atoms with Gasteiger partial charge in [-0.05, 0) is 64.3 Å². The van der Waals surface area contributed by atoms with Gasteiger partial charge in [0.25, 0.3) is 0 Å². The molecular formula is C16H25N. The van der Waals surface area contributed by atoms with Crippen LogP contribution in [0.2, 0.25) is 0 Å². The van der Waals surface area contributed by atoms with E-state index in [1.165, 1.54) is 27.8 Å². The lowest BCUT2D eigenvalue weighted by molar-refractivity contribution is 0.543. The maximum absolute atomic E-state index is 3.99. The molecule has 0 radical (unpaired) electrons. The van der Waals surface area contributed by atoms with Crippen molar-refractivity contribution < 1.29 is 0 Å². The third-order valence-electron chi connectivity index (χ3n) is 3.29. The Kier molecular flexibility index (Phi) is 4.95. The molecule has 1 rings (SSSR count). The second kappa shape index (κ2) is 6.02. The van der Waals surface area contributed by atoms with Crippen LogP contribution < -0.4 is 5.32 Å². The first-order valence-electron chi connectivity index (χ1n) is 6.35. The van der Waals surface area contributed by atoms with Crippen LogP contribution in [0.3, 0.4) is 0 Å². The van der Waals surface area contributed by atoms with Gasteiger partial charge in [-0.25, -0.2) is 0 Å². The standard InChI is InChI=1S/C16H25N/c1-11(2)7-8-15(17-6)16-13(4)9-12(3)10-14(16)5/h9-10,15,17H,1,7-8H2,2-6H3. The van der Waals surface area contributed by atoms with Crippen LogP contribution in [-0.4, -0.2) is 7.05 Å². The largest absolute Gasteiger partial charge is 0.313 e. The van der Waals surface area contributed by atoms with E-state index >= 15 is 0 Å². The second-order valence-corrected chi connectivity index (χ2v) is 5.15. The molecule has 0 aliphatic heterocycles. The van der Waals surface area contributed by atoms with Crippen molar-refractivity contribution in [1.29, 1.82) is 0 Å². The average Bonchev–Trinajstić information content (AvgIpc) is 2.21. The summed E-state index contributed by atoms with van der Waals surface area (Å²) in [5.41, 5.74) is 6.85. The molecule has 1 atom stereocenters. The van der Waals surface area contributed by atoms with Crippen LogP contribution in [0.4, 0.5) is 0 Å². The Bertz CT molecular complexity index is 381. The van der Waals surface area contributed by atoms with Gasteiger partial charge in [-0.2, -0.15) is 0 Å². The molecule has 1 nitrogen and oxygen atoms in total. The number of nitrogens with one attached hydrogen (secondary N) is 1. The number of aryl methyl sites for hydroxylation is 3. The minimum atomic E-state index is 0.437. The van der Waals surface area contributed by atoms with Crippen LogP contribution in [-0.2, 0) is 0 Å². The molecule has 0 aliphatic carbocycles. The number of hydrogen-bond acceptors (Lipinski definition) is 1. The van der Waals surface area contributed by atoms with Crippen LogP contribution in [0, 0.1) is 20.8 Å². The van der Waals surface area contributed by atoms with Gasteiger partial charge >= 0.3 is 0 Å². The molecule has 0 saturated carbocycles. The first-order valence-corrected chi connectivity index (χ1v) is 6.35. The molecule has 0 aliphatic rings. The van der Waals surface area contributed by atoms with Crippen molar-refractivity contribution in [2.45, 2.75) is 46.6 Å². The maximum Gasteiger partial charge on any atom is 0.0325 e. The Morgan fingerprint density at radius 1 is 1.24 bits per heavy atom. The van der Waals surface area contributed by atoms with Gasteiger partial charge < -0.3 is 5.32 Å². The van der Waals surface area contributed by atoms with Crippen molar-refractivity contribution in [3.63, 3.8) is 0 Å². The van der Waals surface area contributed by atoms with Gasteiger partial charge in [0.15, 0.2) is 0 Å². The monoisotopic (exact) mass is 231 g/mol. The Balaban J connectivity index is 2.99. The number of benzene rings is 1. The van der Waals surface area contributed by atoms with Crippen LogP contribution in [0.25, 0.3) is 0 Å². The second-order valence-electron chi connectivity index (χ2n) is 5.15. The summed E-state index contributed by atoms with van der Waals surface area (Å²) in [6, 6.07) is 4.98. The van der Waals surface area contributed by atoms with E-state index in [0.717, 1.165) is 12.8 Å². The van der Waals surface area contributed by atoms with E-state index in [-0.39, 0.29) is 0 Å². The Morgan fingerprint density at radius 2 is 1.76 bits per heavy atom. The lowest BCUT2D eigenvalue weighted by atomic mass is 9.91. The molecule has 1 aromatic carbocycles. The van der Waals surface area contributed by atoms with E-state index in [1.807, 2.05) is 7.05 Å². The average molecular weight is 231 g/mol. The summed E-state index contributed by atoms with van der Waals surface area (Å²) in [5.74, 6) is 0. The van der Waals surface area contributed by atoms with Crippen LogP contribution >= 0.6 is 0 Å². The van der Waals surface area contributed by atoms with Gasteiger partial charge in [-0.15, -0.1) is 6.58 Å². The van der Waals surface area contributed by atoms with Crippen molar-refractivity contribution >= 4 is 0 Å². The van der Waals surface area contributed by atoms with Gasteiger partial charge in [0.05, 0.1) is 0 Å². The first-order chi connectivity index (χ1) is 7.95. The summed E-state index contributed by atoms with van der Waals surface area (Å²) in [6.07, 6.45) is 2.20. The van der Waals surface area contributed by atoms with Crippen LogP contribution in [0.5, 0.6) is 0 Å². The van der Waals surface area contributed by atoms with Gasteiger partial charge in [-0.1, -0.05) is 23.3 Å². The normalized spacial score (nSPS) is 12.5. The zero-order chi connectivity index (χ0) is 13.0. The third kappa shape index (κ3) is 3.71. The molecule has 0 fully saturated rings. The minimum absolute atomic E-state index is 0.437. The smallest absolute Gasteiger partial charge is 0.0325 e. The molecule has 1 heteroatoms. The molecule has 0 bridgehead atoms. The van der Waals surface area contributed by atoms with Crippen molar-refractivity contribution in [2.75, 3.05) is 7.05 Å². The van der Waals surface area contributed by atoms with E-state index in [2.05, 4.69) is 51.7 Å². The van der Waals surface area contributed by atoms with Crippen LogP contribution in [0.1, 0.15) is 48.1 Å². The van der Waals surface area contributed by atoms with Crippen molar-refractivity contribution in [2.24, 2.45) is 0 Å². The molecule has 0 amide bonds. The van der Waals surface area contributed by atoms with E-state index in [0.29, 0.717) is 6.04 Å². The summed E-state index contributed by atoms with van der Waals surface area (Å²) in [6.45, 7) is 12.7. The highest BCUT2D eigenvalue weighted by molar-refractivity contribution is 5.39. The molecule has 17 heavy (non-hydrogen) atoms. The Morgan fingerprint density at radius 3 is 2.18 bits per heavy atom. The predicted molar refractivity (Wildman–Crippen MR) is 76.5 cm³/mol. The molecule has 1 unspecified atom stereocenters. The summed E-state index contributed by atoms with van der Waals surface area (Å²) < 4.78 is 0. The SMILES string of the molecule is C=C(C)CCC(NC)c1c(C)cc(C)cc1C. The molecular weight excluding hydrogens is 206 g/mol. The van der Waals surface area contributed by atoms with Gasteiger partial charge in [-0.3, -0.25) is 0 Å². The molecule has 1 aromatic rings. The summed E-state index contributed by atoms with van der Waals surface area (Å²) in [7, 11) is 2.04. The summed E-state index contributed by atoms with van der Waals surface area (Å²) in [4.78, 5) is 0. The van der Waals surface area contributed by atoms with Crippen molar-refractivity contribution in [1.82, 2.24) is 5.32 Å². The molecule has 0 aromatic heterocycles. The van der Waals surface area contributed by atoms with E-state index < -0.39 is 0 Å². The Hall–Kier alpha value is -1.08. The van der Waals surface area contributed by atoms with Gasteiger partial charge in [0.2, 0.25) is 0 Å². The summed E-state index contributed by atoms with van der Waals surface area (Å²) >= 11 is 0. The van der Waals surface area contributed by atoms with Gasteiger partial charge in [0, 0.05) is 6.04 Å². The van der Waals surface area contributed by atoms with E-state index in [9.17, 15) is 0 Å². The number of allylic oxidation sites excluding steroid dienone is 1. The first kappa shape index (κ1) is 14.0.